The van der Waals surface area contributed by atoms with E-state index in [1.807, 2.05) is 48.5 Å². The number of hydrogen-bond acceptors (Lipinski definition) is 3. The topological polar surface area (TPSA) is 52.0 Å². The Kier molecular flexibility index (Phi) is 4.10. The molecule has 2 aromatic rings. The molecule has 17 heavy (non-hydrogen) atoms. The second-order valence-electron chi connectivity index (χ2n) is 3.43. The van der Waals surface area contributed by atoms with Gasteiger partial charge in [0.15, 0.2) is 0 Å². The van der Waals surface area contributed by atoms with Crippen LogP contribution in [-0.2, 0) is 0 Å². The Morgan fingerprint density at radius 3 is 2.12 bits per heavy atom. The summed E-state index contributed by atoms with van der Waals surface area (Å²) in [6.07, 6.45) is 0. The van der Waals surface area contributed by atoms with Gasteiger partial charge in [-0.25, -0.2) is 0 Å². The van der Waals surface area contributed by atoms with Gasteiger partial charge in [0.05, 0.1) is 0 Å². The molecule has 90 valence electrons. The maximum absolute atomic E-state index is 6.41. The van der Waals surface area contributed by atoms with Crippen molar-refractivity contribution in [3.05, 3.63) is 48.5 Å². The van der Waals surface area contributed by atoms with Crippen LogP contribution in [0.1, 0.15) is 0 Å². The van der Waals surface area contributed by atoms with E-state index in [9.17, 15) is 0 Å². The van der Waals surface area contributed by atoms with E-state index in [0.717, 1.165) is 21.2 Å². The van der Waals surface area contributed by atoms with Gasteiger partial charge in [-0.2, -0.15) is 0 Å². The van der Waals surface area contributed by atoms with Crippen LogP contribution >= 0.6 is 30.6 Å². The van der Waals surface area contributed by atoms with Gasteiger partial charge < -0.3 is 11.5 Å². The first-order valence-corrected chi connectivity index (χ1v) is 8.68. The van der Waals surface area contributed by atoms with Gasteiger partial charge in [0.1, 0.15) is 0 Å². The van der Waals surface area contributed by atoms with Crippen LogP contribution in [0.4, 0.5) is 11.4 Å². The van der Waals surface area contributed by atoms with Gasteiger partial charge >= 0.3 is 0 Å². The van der Waals surface area contributed by atoms with E-state index in [1.165, 1.54) is 0 Å². The molecule has 0 amide bonds. The predicted octanol–water partition coefficient (Wildman–Crippen LogP) is 4.07. The number of rotatable bonds is 3. The summed E-state index contributed by atoms with van der Waals surface area (Å²) in [5.74, 6) is 0. The summed E-state index contributed by atoms with van der Waals surface area (Å²) in [6.45, 7) is 0. The van der Waals surface area contributed by atoms with E-state index in [2.05, 4.69) is 0 Å². The molecule has 2 aromatic carbocycles. The van der Waals surface area contributed by atoms with Gasteiger partial charge in [-0.3, -0.25) is 0 Å². The SMILES string of the molecule is Nc1ccccc1S[SH](Cl)c1ccccc1N. The van der Waals surface area contributed by atoms with Gasteiger partial charge in [-0.1, -0.05) is 54.9 Å². The summed E-state index contributed by atoms with van der Waals surface area (Å²) >= 11 is 0. The third-order valence-corrected chi connectivity index (χ3v) is 6.57. The zero-order chi connectivity index (χ0) is 12.3. The molecule has 0 aliphatic rings. The van der Waals surface area contributed by atoms with Crippen molar-refractivity contribution in [2.24, 2.45) is 0 Å². The molecule has 0 aliphatic carbocycles. The fourth-order valence-electron chi connectivity index (χ4n) is 1.35. The van der Waals surface area contributed by atoms with Crippen molar-refractivity contribution < 1.29 is 0 Å². The Morgan fingerprint density at radius 1 is 0.882 bits per heavy atom. The summed E-state index contributed by atoms with van der Waals surface area (Å²) in [7, 11) is 7.07. The van der Waals surface area contributed by atoms with E-state index >= 15 is 0 Å². The van der Waals surface area contributed by atoms with Crippen LogP contribution in [0.5, 0.6) is 0 Å². The molecule has 0 saturated heterocycles. The monoisotopic (exact) mass is 284 g/mol. The zero-order valence-electron chi connectivity index (χ0n) is 9.01. The molecule has 0 saturated carbocycles. The number of nitrogen functional groups attached to an aromatic ring is 2. The van der Waals surface area contributed by atoms with Crippen LogP contribution < -0.4 is 11.5 Å². The molecule has 0 heterocycles. The molecular formula is C12H13ClN2S2. The molecule has 2 nitrogen and oxygen atoms in total. The van der Waals surface area contributed by atoms with Crippen molar-refractivity contribution >= 4 is 42.0 Å². The first-order chi connectivity index (χ1) is 8.18. The Balaban J connectivity index is 2.20. The molecule has 0 spiro atoms. The summed E-state index contributed by atoms with van der Waals surface area (Å²) in [6, 6.07) is 15.4. The summed E-state index contributed by atoms with van der Waals surface area (Å²) in [5, 5.41) is 0. The molecule has 2 rings (SSSR count). The average Bonchev–Trinajstić information content (AvgIpc) is 2.32. The first kappa shape index (κ1) is 12.5. The van der Waals surface area contributed by atoms with Crippen molar-refractivity contribution in [3.8, 4) is 0 Å². The standard InChI is InChI=1S/C12H13ClN2S2/c13-17(12-8-4-2-6-10(12)15)16-11-7-3-1-5-9(11)14/h1-8,17H,14-15H2. The predicted molar refractivity (Wildman–Crippen MR) is 80.7 cm³/mol. The van der Waals surface area contributed by atoms with Gasteiger partial charge in [0, 0.05) is 21.2 Å². The quantitative estimate of drug-likeness (QED) is 0.452. The molecule has 0 aromatic heterocycles. The number of nitrogens with two attached hydrogens (primary N) is 2. The highest BCUT2D eigenvalue weighted by atomic mass is 35.8. The Bertz CT molecular complexity index is 519. The van der Waals surface area contributed by atoms with Crippen LogP contribution in [0.2, 0.25) is 0 Å². The Labute approximate surface area is 112 Å². The van der Waals surface area contributed by atoms with Crippen LogP contribution in [-0.4, -0.2) is 0 Å². The fourth-order valence-corrected chi connectivity index (χ4v) is 5.35. The number of benzene rings is 2. The summed E-state index contributed by atoms with van der Waals surface area (Å²) in [4.78, 5) is 1.98. The van der Waals surface area contributed by atoms with E-state index < -0.39 is 9.14 Å². The van der Waals surface area contributed by atoms with Gasteiger partial charge in [0.25, 0.3) is 0 Å². The maximum atomic E-state index is 6.41. The van der Waals surface area contributed by atoms with E-state index in [0.29, 0.717) is 0 Å². The molecule has 0 bridgehead atoms. The van der Waals surface area contributed by atoms with Gasteiger partial charge in [-0.05, 0) is 24.3 Å². The largest absolute Gasteiger partial charge is 0.398 e. The normalized spacial score (nSPS) is 13.4. The number of thiol groups is 1. The highest BCUT2D eigenvalue weighted by Crippen LogP contribution is 2.58. The van der Waals surface area contributed by atoms with Crippen molar-refractivity contribution in [1.29, 1.82) is 0 Å². The molecule has 1 atom stereocenters. The van der Waals surface area contributed by atoms with E-state index in [4.69, 9.17) is 22.1 Å². The van der Waals surface area contributed by atoms with Crippen molar-refractivity contribution in [2.45, 2.75) is 9.79 Å². The lowest BCUT2D eigenvalue weighted by Gasteiger charge is -2.16. The van der Waals surface area contributed by atoms with Crippen molar-refractivity contribution in [1.82, 2.24) is 0 Å². The number of para-hydroxylation sites is 2. The minimum atomic E-state index is -0.905. The minimum Gasteiger partial charge on any atom is -0.398 e. The fraction of sp³-hybridized carbons (Fsp3) is 0. The van der Waals surface area contributed by atoms with E-state index in [1.54, 1.807) is 10.8 Å². The second-order valence-corrected chi connectivity index (χ2v) is 8.29. The number of anilines is 2. The smallest absolute Gasteiger partial charge is 0.0460 e. The number of hydrogen-bond donors (Lipinski definition) is 3. The van der Waals surface area contributed by atoms with Crippen LogP contribution in [0.3, 0.4) is 0 Å². The third-order valence-electron chi connectivity index (χ3n) is 2.22. The van der Waals surface area contributed by atoms with E-state index in [-0.39, 0.29) is 0 Å². The Hall–Kier alpha value is -0.970. The van der Waals surface area contributed by atoms with Gasteiger partial charge in [-0.15, -0.1) is 0 Å². The summed E-state index contributed by atoms with van der Waals surface area (Å²) in [5.41, 5.74) is 13.3. The third kappa shape index (κ3) is 3.03. The highest BCUT2D eigenvalue weighted by molar-refractivity contribution is 8.93. The zero-order valence-corrected chi connectivity index (χ0v) is 11.5. The highest BCUT2D eigenvalue weighted by Gasteiger charge is 2.10. The Morgan fingerprint density at radius 2 is 1.47 bits per heavy atom. The lowest BCUT2D eigenvalue weighted by atomic mass is 10.3. The van der Waals surface area contributed by atoms with Crippen LogP contribution in [0.15, 0.2) is 58.3 Å². The molecule has 5 heteroatoms. The first-order valence-electron chi connectivity index (χ1n) is 5.01. The van der Waals surface area contributed by atoms with Crippen molar-refractivity contribution in [3.63, 3.8) is 0 Å². The average molecular weight is 285 g/mol. The molecular weight excluding hydrogens is 272 g/mol. The minimum absolute atomic E-state index is 0.732. The lowest BCUT2D eigenvalue weighted by Crippen LogP contribution is -1.89. The second kappa shape index (κ2) is 5.58. The van der Waals surface area contributed by atoms with Crippen LogP contribution in [0, 0.1) is 0 Å². The lowest BCUT2D eigenvalue weighted by molar-refractivity contribution is 1.46. The molecule has 0 radical (unpaired) electrons. The summed E-state index contributed by atoms with van der Waals surface area (Å²) < 4.78 is 0. The van der Waals surface area contributed by atoms with Gasteiger partial charge in [0.2, 0.25) is 0 Å². The van der Waals surface area contributed by atoms with Crippen molar-refractivity contribution in [2.75, 3.05) is 11.5 Å². The number of halogens is 1. The maximum Gasteiger partial charge on any atom is 0.0460 e. The molecule has 1 unspecified atom stereocenters. The van der Waals surface area contributed by atoms with Crippen LogP contribution in [0.25, 0.3) is 0 Å². The molecule has 4 N–H and O–H groups in total. The molecule has 0 aliphatic heterocycles. The molecule has 0 fully saturated rings.